The van der Waals surface area contributed by atoms with E-state index in [1.54, 1.807) is 37.4 Å². The molecule has 0 radical (unpaired) electrons. The third-order valence-electron chi connectivity index (χ3n) is 5.20. The Morgan fingerprint density at radius 1 is 1.09 bits per heavy atom. The van der Waals surface area contributed by atoms with Crippen LogP contribution in [0.25, 0.3) is 5.69 Å². The first-order valence-electron chi connectivity index (χ1n) is 10.3. The molecule has 4 aromatic rings. The number of pyridine rings is 1. The number of aromatic nitrogens is 3. The molecule has 0 aliphatic heterocycles. The van der Waals surface area contributed by atoms with Crippen LogP contribution in [0.3, 0.4) is 0 Å². The van der Waals surface area contributed by atoms with Crippen molar-refractivity contribution in [2.24, 2.45) is 0 Å². The molecule has 0 aliphatic carbocycles. The summed E-state index contributed by atoms with van der Waals surface area (Å²) in [6.45, 7) is -0.0547. The van der Waals surface area contributed by atoms with Gasteiger partial charge in [-0.2, -0.15) is 0 Å². The normalized spacial score (nSPS) is 11.3. The lowest BCUT2D eigenvalue weighted by Crippen LogP contribution is -2.29. The number of amides is 1. The largest absolute Gasteiger partial charge is 0.573 e. The molecule has 0 unspecified atom stereocenters. The van der Waals surface area contributed by atoms with Crippen LogP contribution in [0.1, 0.15) is 15.9 Å². The van der Waals surface area contributed by atoms with Gasteiger partial charge in [0.15, 0.2) is 0 Å². The predicted octanol–water partition coefficient (Wildman–Crippen LogP) is 3.96. The van der Waals surface area contributed by atoms with E-state index in [0.717, 1.165) is 16.7 Å². The van der Waals surface area contributed by atoms with E-state index in [1.807, 2.05) is 6.07 Å². The van der Waals surface area contributed by atoms with Crippen LogP contribution in [0, 0.1) is 0 Å². The lowest BCUT2D eigenvalue weighted by Gasteiger charge is -2.19. The maximum Gasteiger partial charge on any atom is 0.573 e. The molecule has 1 N–H and O–H groups in total. The smallest absolute Gasteiger partial charge is 0.493 e. The van der Waals surface area contributed by atoms with E-state index in [0.29, 0.717) is 11.3 Å². The highest BCUT2D eigenvalue weighted by Gasteiger charge is 2.31. The first kappa shape index (κ1) is 23.6. The van der Waals surface area contributed by atoms with Crippen LogP contribution >= 0.6 is 0 Å². The molecule has 0 bridgehead atoms. The van der Waals surface area contributed by atoms with Crippen LogP contribution in [0.4, 0.5) is 18.9 Å². The van der Waals surface area contributed by atoms with E-state index >= 15 is 0 Å². The van der Waals surface area contributed by atoms with E-state index in [-0.39, 0.29) is 23.7 Å². The van der Waals surface area contributed by atoms with Crippen molar-refractivity contribution in [3.05, 3.63) is 101 Å². The summed E-state index contributed by atoms with van der Waals surface area (Å²) in [6.07, 6.45) is -0.787. The number of para-hydroxylation sites is 1. The first-order valence-corrected chi connectivity index (χ1v) is 10.3. The van der Waals surface area contributed by atoms with E-state index in [1.165, 1.54) is 40.2 Å². The Balaban J connectivity index is 1.62. The molecule has 0 atom stereocenters. The fourth-order valence-electron chi connectivity index (χ4n) is 3.52. The lowest BCUT2D eigenvalue weighted by atomic mass is 10.1. The number of hydrogen-bond acceptors (Lipinski definition) is 5. The summed E-state index contributed by atoms with van der Waals surface area (Å²) in [4.78, 5) is 31.6. The Kier molecular flexibility index (Phi) is 6.32. The number of aromatic hydroxyl groups is 1. The first-order chi connectivity index (χ1) is 16.6. The van der Waals surface area contributed by atoms with Crippen LogP contribution in [-0.4, -0.2) is 38.5 Å². The number of carbonyl (C=O) groups is 1. The summed E-state index contributed by atoms with van der Waals surface area (Å²) in [5.74, 6) is -1.23. The Morgan fingerprint density at radius 2 is 1.77 bits per heavy atom. The molecule has 8 nitrogen and oxygen atoms in total. The van der Waals surface area contributed by atoms with Crippen molar-refractivity contribution < 1.29 is 27.8 Å². The predicted molar refractivity (Wildman–Crippen MR) is 121 cm³/mol. The summed E-state index contributed by atoms with van der Waals surface area (Å²) in [5.41, 5.74) is 0.910. The van der Waals surface area contributed by atoms with Gasteiger partial charge in [0.25, 0.3) is 5.91 Å². The van der Waals surface area contributed by atoms with Crippen LogP contribution in [0.15, 0.2) is 84.0 Å². The average Bonchev–Trinajstić information content (AvgIpc) is 3.11. The quantitative estimate of drug-likeness (QED) is 0.448. The molecule has 2 aromatic heterocycles. The molecule has 0 aliphatic rings. The van der Waals surface area contributed by atoms with Crippen LogP contribution in [-0.2, 0) is 6.54 Å². The highest BCUT2D eigenvalue weighted by Crippen LogP contribution is 2.25. The van der Waals surface area contributed by atoms with Gasteiger partial charge in [0.2, 0.25) is 5.88 Å². The van der Waals surface area contributed by atoms with Gasteiger partial charge in [-0.3, -0.25) is 14.3 Å². The number of anilines is 1. The second kappa shape index (κ2) is 9.37. The molecular formula is C24H19F3N4O4. The molecule has 11 heteroatoms. The molecule has 2 aromatic carbocycles. The van der Waals surface area contributed by atoms with Crippen molar-refractivity contribution in [1.82, 2.24) is 14.1 Å². The molecule has 2 heterocycles. The monoisotopic (exact) mass is 484 g/mol. The number of imidazole rings is 1. The minimum atomic E-state index is -4.85. The number of benzene rings is 2. The number of rotatable bonds is 6. The minimum Gasteiger partial charge on any atom is -0.493 e. The van der Waals surface area contributed by atoms with Crippen molar-refractivity contribution in [1.29, 1.82) is 0 Å². The Bertz CT molecular complexity index is 1400. The van der Waals surface area contributed by atoms with Crippen LogP contribution in [0.5, 0.6) is 11.6 Å². The van der Waals surface area contributed by atoms with Gasteiger partial charge in [0, 0.05) is 25.1 Å². The number of nitrogens with zero attached hydrogens (tertiary/aromatic N) is 4. The number of alkyl halides is 3. The lowest BCUT2D eigenvalue weighted by molar-refractivity contribution is -0.274. The maximum absolute atomic E-state index is 13.1. The average molecular weight is 484 g/mol. The molecule has 0 saturated heterocycles. The minimum absolute atomic E-state index is 0.0547. The summed E-state index contributed by atoms with van der Waals surface area (Å²) in [6, 6.07) is 15.1. The molecule has 0 spiro atoms. The molecule has 35 heavy (non-hydrogen) atoms. The van der Waals surface area contributed by atoms with Gasteiger partial charge >= 0.3 is 12.1 Å². The summed E-state index contributed by atoms with van der Waals surface area (Å²) in [5, 5.41) is 10.4. The van der Waals surface area contributed by atoms with Crippen molar-refractivity contribution in [3.8, 4) is 17.3 Å². The Morgan fingerprint density at radius 3 is 2.43 bits per heavy atom. The van der Waals surface area contributed by atoms with Crippen molar-refractivity contribution in [2.75, 3.05) is 11.9 Å². The van der Waals surface area contributed by atoms with Crippen LogP contribution < -0.4 is 15.3 Å². The standard InChI is InChI=1S/C24H19F3N4O4/c1-29(17-5-3-2-4-6-17)22(33)20-13-28-12-11-16(20)14-30-15-21(32)31(23(30)34)18-7-9-19(10-8-18)35-24(25,26)27/h2-13,15,32H,14H2,1H3. The van der Waals surface area contributed by atoms with Crippen molar-refractivity contribution >= 4 is 11.6 Å². The fraction of sp³-hybridized carbons (Fsp3) is 0.125. The topological polar surface area (TPSA) is 89.6 Å². The van der Waals surface area contributed by atoms with Crippen LogP contribution in [0.2, 0.25) is 0 Å². The van der Waals surface area contributed by atoms with E-state index < -0.39 is 23.7 Å². The SMILES string of the molecule is CN(C(=O)c1cnccc1Cn1cc(O)n(-c2ccc(OC(F)(F)F)cc2)c1=O)c1ccccc1. The van der Waals surface area contributed by atoms with E-state index in [4.69, 9.17) is 0 Å². The van der Waals surface area contributed by atoms with Gasteiger partial charge in [0.05, 0.1) is 24.0 Å². The second-order valence-corrected chi connectivity index (χ2v) is 7.51. The van der Waals surface area contributed by atoms with E-state index in [2.05, 4.69) is 9.72 Å². The maximum atomic E-state index is 13.1. The molecule has 0 saturated carbocycles. The number of hydrogen-bond donors (Lipinski definition) is 1. The second-order valence-electron chi connectivity index (χ2n) is 7.51. The third-order valence-corrected chi connectivity index (χ3v) is 5.20. The van der Waals surface area contributed by atoms with E-state index in [9.17, 15) is 27.9 Å². The van der Waals surface area contributed by atoms with Gasteiger partial charge in [0.1, 0.15) is 5.75 Å². The molecule has 0 fully saturated rings. The highest BCUT2D eigenvalue weighted by molar-refractivity contribution is 6.06. The third kappa shape index (κ3) is 5.18. The van der Waals surface area contributed by atoms with Gasteiger partial charge in [-0.25, -0.2) is 9.36 Å². The molecule has 4 rings (SSSR count). The molecular weight excluding hydrogens is 465 g/mol. The summed E-state index contributed by atoms with van der Waals surface area (Å²) >= 11 is 0. The zero-order chi connectivity index (χ0) is 25.2. The van der Waals surface area contributed by atoms with Crippen molar-refractivity contribution in [3.63, 3.8) is 0 Å². The van der Waals surface area contributed by atoms with Gasteiger partial charge in [-0.05, 0) is 48.0 Å². The molecule has 180 valence electrons. The van der Waals surface area contributed by atoms with Gasteiger partial charge in [-0.15, -0.1) is 13.2 Å². The number of halogens is 3. The highest BCUT2D eigenvalue weighted by atomic mass is 19.4. The summed E-state index contributed by atoms with van der Waals surface area (Å²) < 4.78 is 43.1. The Labute approximate surface area is 197 Å². The fourth-order valence-corrected chi connectivity index (χ4v) is 3.52. The Hall–Kier alpha value is -4.54. The zero-order valence-electron chi connectivity index (χ0n) is 18.3. The zero-order valence-corrected chi connectivity index (χ0v) is 18.3. The van der Waals surface area contributed by atoms with Gasteiger partial charge in [-0.1, -0.05) is 18.2 Å². The number of ether oxygens (including phenoxy) is 1. The number of carbonyl (C=O) groups excluding carboxylic acids is 1. The summed E-state index contributed by atoms with van der Waals surface area (Å²) in [7, 11) is 1.62. The van der Waals surface area contributed by atoms with Crippen molar-refractivity contribution in [2.45, 2.75) is 12.9 Å². The molecule has 1 amide bonds. The van der Waals surface area contributed by atoms with Gasteiger partial charge < -0.3 is 14.7 Å².